The lowest BCUT2D eigenvalue weighted by atomic mass is 10.1. The van der Waals surface area contributed by atoms with Gasteiger partial charge in [-0.15, -0.1) is 0 Å². The van der Waals surface area contributed by atoms with Crippen molar-refractivity contribution in [1.82, 2.24) is 5.32 Å². The molecule has 0 aliphatic heterocycles. The molecule has 0 fully saturated rings. The normalized spacial score (nSPS) is 10.6. The molecule has 1 amide bonds. The quantitative estimate of drug-likeness (QED) is 0.668. The van der Waals surface area contributed by atoms with Crippen molar-refractivity contribution in [3.05, 3.63) is 47.2 Å². The Morgan fingerprint density at radius 1 is 0.929 bits per heavy atom. The number of fused-ring (bicyclic) bond motifs is 1. The largest absolute Gasteiger partial charge is 0.497 e. The van der Waals surface area contributed by atoms with Crippen molar-refractivity contribution in [2.45, 2.75) is 13.5 Å². The second-order valence-electron chi connectivity index (χ2n) is 6.12. The molecule has 7 heteroatoms. The van der Waals surface area contributed by atoms with Crippen molar-refractivity contribution in [3.63, 3.8) is 0 Å². The molecule has 7 nitrogen and oxygen atoms in total. The number of hydrogen-bond acceptors (Lipinski definition) is 6. The first-order valence-corrected chi connectivity index (χ1v) is 8.66. The van der Waals surface area contributed by atoms with E-state index in [2.05, 4.69) is 5.32 Å². The molecule has 0 spiro atoms. The summed E-state index contributed by atoms with van der Waals surface area (Å²) in [6.07, 6.45) is 0. The van der Waals surface area contributed by atoms with Crippen LogP contribution < -0.4 is 24.3 Å². The van der Waals surface area contributed by atoms with E-state index in [4.69, 9.17) is 23.4 Å². The van der Waals surface area contributed by atoms with Crippen molar-refractivity contribution >= 4 is 16.9 Å². The molecule has 148 valence electrons. The van der Waals surface area contributed by atoms with Crippen LogP contribution in [0.1, 0.15) is 21.7 Å². The smallest absolute Gasteiger partial charge is 0.287 e. The summed E-state index contributed by atoms with van der Waals surface area (Å²) in [7, 11) is 6.26. The first-order chi connectivity index (χ1) is 13.5. The summed E-state index contributed by atoms with van der Waals surface area (Å²) in [5, 5.41) is 3.71. The van der Waals surface area contributed by atoms with Crippen molar-refractivity contribution in [2.75, 3.05) is 28.4 Å². The molecule has 0 bridgehead atoms. The molecule has 0 saturated carbocycles. The van der Waals surface area contributed by atoms with Gasteiger partial charge < -0.3 is 28.7 Å². The highest BCUT2D eigenvalue weighted by Crippen LogP contribution is 2.34. The number of benzene rings is 2. The average molecular weight is 385 g/mol. The fourth-order valence-electron chi connectivity index (χ4n) is 3.03. The topological polar surface area (TPSA) is 79.2 Å². The molecule has 1 heterocycles. The van der Waals surface area contributed by atoms with Crippen LogP contribution in [-0.4, -0.2) is 34.3 Å². The maximum absolute atomic E-state index is 12.7. The van der Waals surface area contributed by atoms with Gasteiger partial charge in [-0.2, -0.15) is 0 Å². The number of rotatable bonds is 7. The molecular formula is C21H23NO6. The lowest BCUT2D eigenvalue weighted by Gasteiger charge is -2.14. The minimum atomic E-state index is -0.315. The average Bonchev–Trinajstić information content (AvgIpc) is 3.07. The van der Waals surface area contributed by atoms with E-state index in [1.54, 1.807) is 52.7 Å². The van der Waals surface area contributed by atoms with Gasteiger partial charge in [0.25, 0.3) is 5.91 Å². The Morgan fingerprint density at radius 3 is 2.25 bits per heavy atom. The molecule has 0 aliphatic carbocycles. The molecule has 3 aromatic rings. The number of furan rings is 1. The van der Waals surface area contributed by atoms with Gasteiger partial charge in [0.1, 0.15) is 17.1 Å². The minimum absolute atomic E-state index is 0.238. The third-order valence-corrected chi connectivity index (χ3v) is 4.58. The molecule has 1 N–H and O–H groups in total. The maximum atomic E-state index is 12.7. The molecule has 28 heavy (non-hydrogen) atoms. The number of ether oxygens (including phenoxy) is 4. The highest BCUT2D eigenvalue weighted by atomic mass is 16.5. The van der Waals surface area contributed by atoms with E-state index in [9.17, 15) is 4.79 Å². The lowest BCUT2D eigenvalue weighted by molar-refractivity contribution is 0.0924. The van der Waals surface area contributed by atoms with Gasteiger partial charge in [0, 0.05) is 29.1 Å². The summed E-state index contributed by atoms with van der Waals surface area (Å²) in [4.78, 5) is 12.7. The van der Waals surface area contributed by atoms with Gasteiger partial charge in [0.15, 0.2) is 17.3 Å². The monoisotopic (exact) mass is 385 g/mol. The van der Waals surface area contributed by atoms with Crippen molar-refractivity contribution in [1.29, 1.82) is 0 Å². The Kier molecular flexibility index (Phi) is 5.63. The van der Waals surface area contributed by atoms with E-state index in [0.717, 1.165) is 16.5 Å². The zero-order chi connectivity index (χ0) is 20.3. The van der Waals surface area contributed by atoms with Crippen LogP contribution in [0.2, 0.25) is 0 Å². The third kappa shape index (κ3) is 3.55. The van der Waals surface area contributed by atoms with Crippen LogP contribution in [0.4, 0.5) is 0 Å². The molecule has 3 rings (SSSR count). The fraction of sp³-hybridized carbons (Fsp3) is 0.286. The van der Waals surface area contributed by atoms with Crippen LogP contribution in [0.5, 0.6) is 23.0 Å². The highest BCUT2D eigenvalue weighted by molar-refractivity contribution is 5.99. The Labute approximate surface area is 163 Å². The zero-order valence-electron chi connectivity index (χ0n) is 16.5. The first kappa shape index (κ1) is 19.4. The number of carbonyl (C=O) groups is 1. The maximum Gasteiger partial charge on any atom is 0.287 e. The Balaban J connectivity index is 1.84. The van der Waals surface area contributed by atoms with Gasteiger partial charge >= 0.3 is 0 Å². The first-order valence-electron chi connectivity index (χ1n) is 8.66. The SMILES string of the molecule is COc1ccc2oc(C(=O)NCc3cc(OC)c(OC)cc3OC)c(C)c2c1. The van der Waals surface area contributed by atoms with Gasteiger partial charge in [-0.3, -0.25) is 4.79 Å². The van der Waals surface area contributed by atoms with Crippen LogP contribution >= 0.6 is 0 Å². The Hall–Kier alpha value is -3.35. The van der Waals surface area contributed by atoms with Gasteiger partial charge in [0.05, 0.1) is 28.4 Å². The number of nitrogens with one attached hydrogen (secondary N) is 1. The van der Waals surface area contributed by atoms with Crippen LogP contribution in [0.25, 0.3) is 11.0 Å². The fourth-order valence-corrected chi connectivity index (χ4v) is 3.03. The van der Waals surface area contributed by atoms with Crippen molar-refractivity contribution in [2.24, 2.45) is 0 Å². The Bertz CT molecular complexity index is 1010. The predicted octanol–water partition coefficient (Wildman–Crippen LogP) is 3.71. The van der Waals surface area contributed by atoms with Crippen LogP contribution in [-0.2, 0) is 6.54 Å². The number of methoxy groups -OCH3 is 4. The number of hydrogen-bond donors (Lipinski definition) is 1. The molecular weight excluding hydrogens is 362 g/mol. The second-order valence-corrected chi connectivity index (χ2v) is 6.12. The molecule has 0 saturated heterocycles. The molecule has 0 atom stereocenters. The minimum Gasteiger partial charge on any atom is -0.497 e. The Morgan fingerprint density at radius 2 is 1.61 bits per heavy atom. The van der Waals surface area contributed by atoms with E-state index >= 15 is 0 Å². The van der Waals surface area contributed by atoms with Crippen LogP contribution in [0, 0.1) is 6.92 Å². The van der Waals surface area contributed by atoms with Gasteiger partial charge in [-0.05, 0) is 31.2 Å². The van der Waals surface area contributed by atoms with Gasteiger partial charge in [-0.25, -0.2) is 0 Å². The summed E-state index contributed by atoms with van der Waals surface area (Å²) in [6.45, 7) is 2.08. The molecule has 2 aromatic carbocycles. The number of carbonyl (C=O) groups excluding carboxylic acids is 1. The summed E-state index contributed by atoms with van der Waals surface area (Å²) < 4.78 is 27.0. The number of amides is 1. The van der Waals surface area contributed by atoms with Crippen molar-refractivity contribution in [3.8, 4) is 23.0 Å². The van der Waals surface area contributed by atoms with Crippen LogP contribution in [0.15, 0.2) is 34.7 Å². The summed E-state index contributed by atoms with van der Waals surface area (Å²) in [5.41, 5.74) is 2.14. The summed E-state index contributed by atoms with van der Waals surface area (Å²) in [5.74, 6) is 2.35. The standard InChI is InChI=1S/C21H23NO6/c1-12-15-9-14(24-2)6-7-16(15)28-20(12)21(23)22-11-13-8-18(26-4)19(27-5)10-17(13)25-3/h6-10H,11H2,1-5H3,(H,22,23). The molecule has 1 aromatic heterocycles. The molecule has 0 radical (unpaired) electrons. The predicted molar refractivity (Wildman–Crippen MR) is 105 cm³/mol. The highest BCUT2D eigenvalue weighted by Gasteiger charge is 2.19. The zero-order valence-corrected chi connectivity index (χ0v) is 16.5. The number of aryl methyl sites for hydroxylation is 1. The summed E-state index contributed by atoms with van der Waals surface area (Å²) >= 11 is 0. The van der Waals surface area contributed by atoms with Crippen molar-refractivity contribution < 1.29 is 28.2 Å². The van der Waals surface area contributed by atoms with E-state index in [1.807, 2.05) is 13.0 Å². The lowest BCUT2D eigenvalue weighted by Crippen LogP contribution is -2.23. The van der Waals surface area contributed by atoms with Crippen LogP contribution in [0.3, 0.4) is 0 Å². The van der Waals surface area contributed by atoms with E-state index in [-0.39, 0.29) is 18.2 Å². The molecule has 0 unspecified atom stereocenters. The molecule has 0 aliphatic rings. The summed E-state index contributed by atoms with van der Waals surface area (Å²) in [6, 6.07) is 8.92. The van der Waals surface area contributed by atoms with E-state index in [1.165, 1.54) is 0 Å². The third-order valence-electron chi connectivity index (χ3n) is 4.58. The van der Waals surface area contributed by atoms with E-state index < -0.39 is 0 Å². The van der Waals surface area contributed by atoms with Gasteiger partial charge in [-0.1, -0.05) is 0 Å². The van der Waals surface area contributed by atoms with E-state index in [0.29, 0.717) is 28.6 Å². The van der Waals surface area contributed by atoms with Gasteiger partial charge in [0.2, 0.25) is 0 Å². The second kappa shape index (κ2) is 8.12.